The monoisotopic (exact) mass is 526 g/mol. The number of carbonyl (C=O) groups excluding carboxylic acids is 1. The van der Waals surface area contributed by atoms with Gasteiger partial charge in [0.05, 0.1) is 17.2 Å². The van der Waals surface area contributed by atoms with Gasteiger partial charge < -0.3 is 14.2 Å². The minimum atomic E-state index is -0.491. The maximum Gasteiger partial charge on any atom is 0.283 e. The Hall–Kier alpha value is -3.30. The van der Waals surface area contributed by atoms with Crippen molar-refractivity contribution in [3.05, 3.63) is 58.1 Å². The SMILES string of the molecule is CCCC1=NN2C(=N)/C(=C/c3cc(Cl)c(OCCOc4cccc(C)c4)c(OCC)c3)C(=O)N=C2S1. The first-order valence-electron chi connectivity index (χ1n) is 11.7. The van der Waals surface area contributed by atoms with Gasteiger partial charge in [0.2, 0.25) is 5.17 Å². The first-order valence-corrected chi connectivity index (χ1v) is 12.9. The van der Waals surface area contributed by atoms with Crippen LogP contribution >= 0.6 is 23.4 Å². The number of aliphatic imine (C=N–C) groups is 1. The number of halogens is 1. The molecule has 2 aromatic carbocycles. The number of nitrogens with one attached hydrogen (secondary N) is 1. The van der Waals surface area contributed by atoms with Crippen LogP contribution in [-0.2, 0) is 4.79 Å². The summed E-state index contributed by atoms with van der Waals surface area (Å²) in [5.74, 6) is 1.08. The number of amides is 1. The second-order valence-electron chi connectivity index (χ2n) is 8.04. The molecule has 0 bridgehead atoms. The highest BCUT2D eigenvalue weighted by Crippen LogP contribution is 2.38. The number of hydrazone groups is 1. The van der Waals surface area contributed by atoms with E-state index in [4.69, 9.17) is 31.2 Å². The Morgan fingerprint density at radius 3 is 2.69 bits per heavy atom. The average Bonchev–Trinajstić information content (AvgIpc) is 3.24. The van der Waals surface area contributed by atoms with Crippen molar-refractivity contribution in [3.8, 4) is 17.2 Å². The maximum atomic E-state index is 12.7. The summed E-state index contributed by atoms with van der Waals surface area (Å²) >= 11 is 7.87. The van der Waals surface area contributed by atoms with Gasteiger partial charge in [-0.25, -0.2) is 0 Å². The van der Waals surface area contributed by atoms with Crippen LogP contribution in [0.4, 0.5) is 0 Å². The van der Waals surface area contributed by atoms with Crippen LogP contribution in [0.25, 0.3) is 6.08 Å². The normalized spacial score (nSPS) is 16.1. The molecule has 0 saturated heterocycles. The fourth-order valence-corrected chi connectivity index (χ4v) is 4.86. The Kier molecular flexibility index (Phi) is 8.32. The number of fused-ring (bicyclic) bond motifs is 1. The predicted molar refractivity (Wildman–Crippen MR) is 145 cm³/mol. The molecule has 36 heavy (non-hydrogen) atoms. The second-order valence-corrected chi connectivity index (χ2v) is 9.49. The van der Waals surface area contributed by atoms with Crippen LogP contribution in [0.3, 0.4) is 0 Å². The molecule has 2 aliphatic heterocycles. The molecule has 188 valence electrons. The highest BCUT2D eigenvalue weighted by atomic mass is 35.5. The van der Waals surface area contributed by atoms with Gasteiger partial charge in [-0.15, -0.1) is 0 Å². The van der Waals surface area contributed by atoms with Gasteiger partial charge in [-0.1, -0.05) is 30.7 Å². The van der Waals surface area contributed by atoms with Crippen LogP contribution < -0.4 is 14.2 Å². The van der Waals surface area contributed by atoms with Gasteiger partial charge in [0, 0.05) is 0 Å². The van der Waals surface area contributed by atoms with Crippen molar-refractivity contribution in [2.24, 2.45) is 10.1 Å². The largest absolute Gasteiger partial charge is 0.490 e. The summed E-state index contributed by atoms with van der Waals surface area (Å²) < 4.78 is 17.4. The molecule has 4 rings (SSSR count). The molecule has 0 atom stereocenters. The van der Waals surface area contributed by atoms with Gasteiger partial charge in [0.1, 0.15) is 24.0 Å². The van der Waals surface area contributed by atoms with E-state index in [2.05, 4.69) is 10.1 Å². The summed E-state index contributed by atoms with van der Waals surface area (Å²) in [6.45, 7) is 6.90. The molecule has 10 heteroatoms. The molecule has 0 aromatic heterocycles. The fraction of sp³-hybridized carbons (Fsp3) is 0.308. The highest BCUT2D eigenvalue weighted by Gasteiger charge is 2.35. The van der Waals surface area contributed by atoms with E-state index >= 15 is 0 Å². The van der Waals surface area contributed by atoms with E-state index in [-0.39, 0.29) is 18.0 Å². The van der Waals surface area contributed by atoms with Gasteiger partial charge in [-0.2, -0.15) is 15.1 Å². The Labute approximate surface area is 219 Å². The molecule has 1 N–H and O–H groups in total. The van der Waals surface area contributed by atoms with E-state index in [9.17, 15) is 4.79 Å². The topological polar surface area (TPSA) is 96.6 Å². The van der Waals surface area contributed by atoms with E-state index in [1.54, 1.807) is 18.2 Å². The van der Waals surface area contributed by atoms with Gasteiger partial charge in [0.15, 0.2) is 17.3 Å². The Morgan fingerprint density at radius 1 is 1.14 bits per heavy atom. The van der Waals surface area contributed by atoms with Crippen LogP contribution in [0.5, 0.6) is 17.2 Å². The van der Waals surface area contributed by atoms with Crippen molar-refractivity contribution in [3.63, 3.8) is 0 Å². The standard InChI is InChI=1S/C26H27ClN4O4S/c1-4-7-22-30-31-24(28)19(25(32)29-26(31)36-22)13-17-14-20(27)23(21(15-17)33-5-2)35-11-10-34-18-9-6-8-16(3)12-18/h6,8-9,12-15,28H,4-5,7,10-11H2,1-3H3/b19-13-,28-24?. The number of carbonyl (C=O) groups is 1. The van der Waals surface area contributed by atoms with Crippen molar-refractivity contribution in [2.45, 2.75) is 33.6 Å². The molecule has 2 aliphatic rings. The first kappa shape index (κ1) is 25.8. The average molecular weight is 527 g/mol. The van der Waals surface area contributed by atoms with Gasteiger partial charge in [0.25, 0.3) is 5.91 Å². The van der Waals surface area contributed by atoms with E-state index in [1.807, 2.05) is 45.0 Å². The van der Waals surface area contributed by atoms with Gasteiger partial charge in [-0.3, -0.25) is 10.2 Å². The van der Waals surface area contributed by atoms with E-state index < -0.39 is 5.91 Å². The number of ether oxygens (including phenoxy) is 3. The molecule has 0 fully saturated rings. The van der Waals surface area contributed by atoms with Crippen molar-refractivity contribution in [1.82, 2.24) is 5.01 Å². The Morgan fingerprint density at radius 2 is 1.94 bits per heavy atom. The molecule has 0 radical (unpaired) electrons. The molecule has 0 unspecified atom stereocenters. The third kappa shape index (κ3) is 5.91. The van der Waals surface area contributed by atoms with Crippen LogP contribution in [0.15, 0.2) is 52.1 Å². The molecular formula is C26H27ClN4O4S. The number of aryl methyl sites for hydroxylation is 1. The smallest absolute Gasteiger partial charge is 0.283 e. The van der Waals surface area contributed by atoms with E-state index in [1.165, 1.54) is 16.8 Å². The third-order valence-electron chi connectivity index (χ3n) is 5.19. The molecule has 0 aliphatic carbocycles. The minimum absolute atomic E-state index is 0.0219. The summed E-state index contributed by atoms with van der Waals surface area (Å²) in [7, 11) is 0. The second kappa shape index (κ2) is 11.6. The number of amidine groups is 2. The lowest BCUT2D eigenvalue weighted by molar-refractivity contribution is -0.114. The summed E-state index contributed by atoms with van der Waals surface area (Å²) in [4.78, 5) is 16.8. The quantitative estimate of drug-likeness (QED) is 0.305. The lowest BCUT2D eigenvalue weighted by Crippen LogP contribution is -2.35. The van der Waals surface area contributed by atoms with Crippen molar-refractivity contribution >= 4 is 51.4 Å². The lowest BCUT2D eigenvalue weighted by atomic mass is 10.1. The van der Waals surface area contributed by atoms with E-state index in [0.717, 1.165) is 29.2 Å². The van der Waals surface area contributed by atoms with Gasteiger partial charge >= 0.3 is 0 Å². The zero-order chi connectivity index (χ0) is 25.7. The number of hydrogen-bond donors (Lipinski definition) is 1. The van der Waals surface area contributed by atoms with Crippen LogP contribution in [0, 0.1) is 12.3 Å². The van der Waals surface area contributed by atoms with Gasteiger partial charge in [-0.05, 0) is 79.9 Å². The summed E-state index contributed by atoms with van der Waals surface area (Å²) in [5.41, 5.74) is 1.82. The molecule has 2 heterocycles. The van der Waals surface area contributed by atoms with Crippen molar-refractivity contribution < 1.29 is 19.0 Å². The van der Waals surface area contributed by atoms with E-state index in [0.29, 0.717) is 40.5 Å². The number of thioether (sulfide) groups is 1. The number of benzene rings is 2. The fourth-order valence-electron chi connectivity index (χ4n) is 3.60. The Bertz CT molecular complexity index is 1270. The zero-order valence-electron chi connectivity index (χ0n) is 20.3. The maximum absolute atomic E-state index is 12.7. The Balaban J connectivity index is 1.51. The zero-order valence-corrected chi connectivity index (χ0v) is 21.9. The number of nitrogens with zero attached hydrogens (tertiary/aromatic N) is 3. The summed E-state index contributed by atoms with van der Waals surface area (Å²) in [5, 5.41) is 15.9. The summed E-state index contributed by atoms with van der Waals surface area (Å²) in [6, 6.07) is 11.2. The molecule has 8 nitrogen and oxygen atoms in total. The summed E-state index contributed by atoms with van der Waals surface area (Å²) in [6.07, 6.45) is 3.26. The van der Waals surface area contributed by atoms with Crippen LogP contribution in [0.1, 0.15) is 37.8 Å². The van der Waals surface area contributed by atoms with Crippen molar-refractivity contribution in [2.75, 3.05) is 19.8 Å². The number of rotatable bonds is 10. The lowest BCUT2D eigenvalue weighted by Gasteiger charge is -2.20. The molecule has 0 spiro atoms. The van der Waals surface area contributed by atoms with Crippen molar-refractivity contribution in [1.29, 1.82) is 5.41 Å². The minimum Gasteiger partial charge on any atom is -0.490 e. The molecule has 0 saturated carbocycles. The third-order valence-corrected chi connectivity index (χ3v) is 6.44. The highest BCUT2D eigenvalue weighted by molar-refractivity contribution is 8.26. The number of hydrogen-bond acceptors (Lipinski definition) is 7. The molecule has 1 amide bonds. The van der Waals surface area contributed by atoms with Crippen LogP contribution in [0.2, 0.25) is 5.02 Å². The molecule has 2 aromatic rings. The predicted octanol–water partition coefficient (Wildman–Crippen LogP) is 5.92. The molecular weight excluding hydrogens is 500 g/mol. The van der Waals surface area contributed by atoms with Crippen LogP contribution in [-0.4, -0.2) is 46.8 Å². The first-order chi connectivity index (χ1) is 17.4.